The molecular formula is C34H34F2N6O3. The fraction of sp³-hybridized carbons (Fsp3) is 0.324. The number of piperazine rings is 1. The Bertz CT molecular complexity index is 1940. The van der Waals surface area contributed by atoms with Crippen molar-refractivity contribution >= 4 is 34.4 Å². The van der Waals surface area contributed by atoms with Crippen LogP contribution in [0.15, 0.2) is 59.9 Å². The van der Waals surface area contributed by atoms with Gasteiger partial charge in [-0.2, -0.15) is 4.98 Å². The number of amides is 2. The monoisotopic (exact) mass is 612 g/mol. The molecule has 4 aromatic rings. The summed E-state index contributed by atoms with van der Waals surface area (Å²) in [6.45, 7) is 10.5. The molecule has 9 nitrogen and oxygen atoms in total. The molecule has 2 aliphatic heterocycles. The normalized spacial score (nSPS) is 16.8. The number of nitrogens with zero attached hydrogens (tertiary/aromatic N) is 6. The van der Waals surface area contributed by atoms with E-state index >= 15 is 8.78 Å². The lowest BCUT2D eigenvalue weighted by Gasteiger charge is -2.40. The summed E-state index contributed by atoms with van der Waals surface area (Å²) in [5.41, 5.74) is 1.26. The number of hydrogen-bond acceptors (Lipinski definition) is 6. The third kappa shape index (κ3) is 5.05. The zero-order valence-corrected chi connectivity index (χ0v) is 25.7. The average molecular weight is 613 g/mol. The second kappa shape index (κ2) is 11.5. The minimum Gasteiger partial charge on any atom is -0.350 e. The molecule has 1 fully saturated rings. The molecule has 2 aromatic heterocycles. The maximum absolute atomic E-state index is 16.3. The van der Waals surface area contributed by atoms with E-state index in [0.29, 0.717) is 31.7 Å². The first kappa shape index (κ1) is 30.1. The summed E-state index contributed by atoms with van der Waals surface area (Å²) < 4.78 is 33.3. The van der Waals surface area contributed by atoms with Gasteiger partial charge in [0.15, 0.2) is 11.5 Å². The first-order chi connectivity index (χ1) is 21.5. The molecule has 1 saturated heterocycles. The first-order valence-electron chi connectivity index (χ1n) is 15.0. The summed E-state index contributed by atoms with van der Waals surface area (Å²) in [5.74, 6) is -1.87. The van der Waals surface area contributed by atoms with Crippen LogP contribution in [0, 0.1) is 11.6 Å². The maximum Gasteiger partial charge on any atom is 0.355 e. The van der Waals surface area contributed by atoms with E-state index in [-0.39, 0.29) is 64.0 Å². The van der Waals surface area contributed by atoms with Crippen LogP contribution >= 0.6 is 0 Å². The number of benzene rings is 2. The summed E-state index contributed by atoms with van der Waals surface area (Å²) in [6, 6.07) is 10.8. The van der Waals surface area contributed by atoms with Gasteiger partial charge in [0.05, 0.1) is 22.3 Å². The average Bonchev–Trinajstić information content (AvgIpc) is 3.02. The molecule has 0 aliphatic carbocycles. The predicted octanol–water partition coefficient (Wildman–Crippen LogP) is 4.98. The van der Waals surface area contributed by atoms with Gasteiger partial charge in [-0.3, -0.25) is 9.59 Å². The van der Waals surface area contributed by atoms with E-state index in [4.69, 9.17) is 4.98 Å². The Balaban J connectivity index is 1.71. The van der Waals surface area contributed by atoms with Crippen molar-refractivity contribution in [3.05, 3.63) is 88.4 Å². The number of carbonyl (C=O) groups is 2. The van der Waals surface area contributed by atoms with Gasteiger partial charge in [0.25, 0.3) is 0 Å². The van der Waals surface area contributed by atoms with Crippen LogP contribution in [-0.4, -0.2) is 64.0 Å². The number of para-hydroxylation sites is 1. The highest BCUT2D eigenvalue weighted by molar-refractivity contribution is 5.98. The van der Waals surface area contributed by atoms with Crippen molar-refractivity contribution in [3.63, 3.8) is 0 Å². The lowest BCUT2D eigenvalue weighted by molar-refractivity contribution is -0.126. The Labute approximate surface area is 259 Å². The molecule has 0 saturated carbocycles. The van der Waals surface area contributed by atoms with Gasteiger partial charge in [-0.1, -0.05) is 44.7 Å². The van der Waals surface area contributed by atoms with Gasteiger partial charge in [-0.05, 0) is 54.7 Å². The highest BCUT2D eigenvalue weighted by Crippen LogP contribution is 2.38. The topological polar surface area (TPSA) is 91.6 Å². The summed E-state index contributed by atoms with van der Waals surface area (Å²) in [4.78, 5) is 54.0. The molecule has 11 heteroatoms. The van der Waals surface area contributed by atoms with E-state index in [1.807, 2.05) is 43.9 Å². The summed E-state index contributed by atoms with van der Waals surface area (Å²) in [6.07, 6.45) is 1.63. The van der Waals surface area contributed by atoms with Gasteiger partial charge in [-0.15, -0.1) is 0 Å². The fourth-order valence-electron chi connectivity index (χ4n) is 6.42. The minimum absolute atomic E-state index is 0.0264. The van der Waals surface area contributed by atoms with E-state index < -0.39 is 17.3 Å². The molecule has 0 spiro atoms. The molecule has 1 atom stereocenters. The zero-order chi connectivity index (χ0) is 32.2. The third-order valence-electron chi connectivity index (χ3n) is 8.76. The number of halogens is 2. The molecule has 45 heavy (non-hydrogen) atoms. The highest BCUT2D eigenvalue weighted by Gasteiger charge is 2.32. The summed E-state index contributed by atoms with van der Waals surface area (Å²) in [5, 5.41) is 0.273. The highest BCUT2D eigenvalue weighted by atomic mass is 19.1. The molecular weight excluding hydrogens is 578 g/mol. The number of aryl methyl sites for hydroxylation is 1. The zero-order valence-electron chi connectivity index (χ0n) is 25.7. The molecule has 2 aliphatic rings. The lowest BCUT2D eigenvalue weighted by atomic mass is 9.95. The molecule has 2 amide bonds. The van der Waals surface area contributed by atoms with Gasteiger partial charge in [-0.25, -0.2) is 23.1 Å². The van der Waals surface area contributed by atoms with Gasteiger partial charge in [0.1, 0.15) is 17.3 Å². The van der Waals surface area contributed by atoms with Crippen LogP contribution in [0.4, 0.5) is 20.3 Å². The fourth-order valence-corrected chi connectivity index (χ4v) is 6.42. The van der Waals surface area contributed by atoms with Crippen LogP contribution in [0.25, 0.3) is 28.0 Å². The van der Waals surface area contributed by atoms with Crippen molar-refractivity contribution in [2.75, 3.05) is 36.5 Å². The lowest BCUT2D eigenvalue weighted by Crippen LogP contribution is -2.54. The second-order valence-electron chi connectivity index (χ2n) is 11.9. The minimum atomic E-state index is -0.828. The molecule has 0 N–H and O–H groups in total. The number of carbonyl (C=O) groups excluding carboxylic acids is 2. The van der Waals surface area contributed by atoms with Gasteiger partial charge in [0, 0.05) is 39.1 Å². The Morgan fingerprint density at radius 2 is 1.80 bits per heavy atom. The standard InChI is InChI=1S/C34H34F2N6O3/c1-6-27(43)40-15-16-41(20(4)18-40)32-23-17-25(36)30-29-24(35)11-8-12-26(29)39(5)28(44)14-13-21-9-7-10-22(19(2)3)31(21)42(33(23)37-30)34(45)38-32/h6-12,17,19-20H,1,13-16,18H2,2-5H3/t20-/m0/s1. The first-order valence-corrected chi connectivity index (χ1v) is 15.0. The van der Waals surface area contributed by atoms with Gasteiger partial charge in [0.2, 0.25) is 11.8 Å². The SMILES string of the molecule is C=CC(=O)N1CCN(c2nc(=O)n3c4nc(c(F)cc24)-c2c(F)cccc2N(C)C(=O)CCc2cccc(C(C)C)c2-3)[C@@H](C)C1. The molecule has 0 unspecified atom stereocenters. The molecule has 4 heterocycles. The van der Waals surface area contributed by atoms with E-state index in [1.54, 1.807) is 11.0 Å². The van der Waals surface area contributed by atoms with E-state index in [9.17, 15) is 14.4 Å². The van der Waals surface area contributed by atoms with Crippen LogP contribution in [0.5, 0.6) is 0 Å². The van der Waals surface area contributed by atoms with Crippen LogP contribution < -0.4 is 15.5 Å². The van der Waals surface area contributed by atoms with Crippen molar-refractivity contribution in [1.29, 1.82) is 0 Å². The molecule has 0 radical (unpaired) electrons. The Morgan fingerprint density at radius 3 is 2.51 bits per heavy atom. The Kier molecular flexibility index (Phi) is 7.72. The van der Waals surface area contributed by atoms with Gasteiger partial charge < -0.3 is 14.7 Å². The van der Waals surface area contributed by atoms with Crippen LogP contribution in [0.2, 0.25) is 0 Å². The number of fused-ring (bicyclic) bond motifs is 5. The largest absolute Gasteiger partial charge is 0.355 e. The van der Waals surface area contributed by atoms with Gasteiger partial charge >= 0.3 is 5.69 Å². The van der Waals surface area contributed by atoms with Crippen molar-refractivity contribution in [2.45, 2.75) is 45.6 Å². The van der Waals surface area contributed by atoms with E-state index in [2.05, 4.69) is 11.6 Å². The second-order valence-corrected chi connectivity index (χ2v) is 11.9. The number of aromatic nitrogens is 3. The quantitative estimate of drug-likeness (QED) is 0.303. The smallest absolute Gasteiger partial charge is 0.350 e. The van der Waals surface area contributed by atoms with Crippen LogP contribution in [0.1, 0.15) is 44.2 Å². The van der Waals surface area contributed by atoms with Crippen LogP contribution in [-0.2, 0) is 16.0 Å². The number of anilines is 2. The summed E-state index contributed by atoms with van der Waals surface area (Å²) >= 11 is 0. The number of hydrogen-bond donors (Lipinski definition) is 0. The van der Waals surface area contributed by atoms with Crippen molar-refractivity contribution < 1.29 is 18.4 Å². The summed E-state index contributed by atoms with van der Waals surface area (Å²) in [7, 11) is 1.53. The molecule has 232 valence electrons. The maximum atomic E-state index is 16.3. The van der Waals surface area contributed by atoms with Crippen molar-refractivity contribution in [2.24, 2.45) is 0 Å². The Hall–Kier alpha value is -4.93. The van der Waals surface area contributed by atoms with E-state index in [0.717, 1.165) is 11.1 Å². The molecule has 6 rings (SSSR count). The van der Waals surface area contributed by atoms with E-state index in [1.165, 1.54) is 40.8 Å². The van der Waals surface area contributed by atoms with Crippen molar-refractivity contribution in [1.82, 2.24) is 19.4 Å². The molecule has 2 bridgehead atoms. The molecule has 2 aromatic carbocycles. The third-order valence-corrected chi connectivity index (χ3v) is 8.76. The van der Waals surface area contributed by atoms with Crippen molar-refractivity contribution in [3.8, 4) is 16.9 Å². The number of rotatable bonds is 3. The van der Waals surface area contributed by atoms with Crippen LogP contribution in [0.3, 0.4) is 0 Å². The number of pyridine rings is 1. The predicted molar refractivity (Wildman–Crippen MR) is 170 cm³/mol. The Morgan fingerprint density at radius 1 is 1.04 bits per heavy atom.